The zero-order valence-electron chi connectivity index (χ0n) is 12.7. The van der Waals surface area contributed by atoms with Crippen LogP contribution in [0.5, 0.6) is 0 Å². The second kappa shape index (κ2) is 6.17. The molecule has 116 valence electrons. The van der Waals surface area contributed by atoms with Crippen molar-refractivity contribution in [3.05, 3.63) is 46.5 Å². The third-order valence-corrected chi connectivity index (χ3v) is 4.07. The van der Waals surface area contributed by atoms with Crippen LogP contribution in [0, 0.1) is 6.92 Å². The van der Waals surface area contributed by atoms with Gasteiger partial charge in [-0.25, -0.2) is 4.68 Å². The van der Waals surface area contributed by atoms with Gasteiger partial charge < -0.3 is 9.88 Å². The molecule has 1 aliphatic carbocycles. The molecule has 2 heterocycles. The van der Waals surface area contributed by atoms with Crippen molar-refractivity contribution in [3.8, 4) is 0 Å². The minimum atomic E-state index is -0.217. The van der Waals surface area contributed by atoms with Crippen molar-refractivity contribution in [2.45, 2.75) is 45.2 Å². The van der Waals surface area contributed by atoms with Gasteiger partial charge in [0, 0.05) is 18.3 Å². The van der Waals surface area contributed by atoms with E-state index in [1.54, 1.807) is 18.5 Å². The second-order valence-corrected chi connectivity index (χ2v) is 5.82. The van der Waals surface area contributed by atoms with E-state index in [1.165, 1.54) is 23.5 Å². The molecule has 1 N–H and O–H groups in total. The van der Waals surface area contributed by atoms with Gasteiger partial charge >= 0.3 is 0 Å². The largest absolute Gasteiger partial charge is 0.309 e. The zero-order valence-corrected chi connectivity index (χ0v) is 12.7. The molecule has 0 radical (unpaired) electrons. The highest BCUT2D eigenvalue weighted by Crippen LogP contribution is 2.31. The van der Waals surface area contributed by atoms with Crippen molar-refractivity contribution in [1.29, 1.82) is 0 Å². The van der Waals surface area contributed by atoms with Crippen LogP contribution in [0.3, 0.4) is 0 Å². The SMILES string of the molecule is Cc1ccn(CC(=O)Nc2ccnn2C2CCCC2)c(=O)c1. The molecule has 2 aromatic heterocycles. The number of amides is 1. The Balaban J connectivity index is 1.69. The van der Waals surface area contributed by atoms with Crippen LogP contribution < -0.4 is 10.9 Å². The van der Waals surface area contributed by atoms with Gasteiger partial charge in [0.05, 0.1) is 12.2 Å². The fraction of sp³-hybridized carbons (Fsp3) is 0.438. The van der Waals surface area contributed by atoms with Crippen LogP contribution in [-0.2, 0) is 11.3 Å². The fourth-order valence-corrected chi connectivity index (χ4v) is 2.93. The molecule has 1 saturated carbocycles. The Morgan fingerprint density at radius 3 is 2.86 bits per heavy atom. The Bertz CT molecular complexity index is 726. The number of anilines is 1. The molecule has 0 unspecified atom stereocenters. The number of aromatic nitrogens is 3. The lowest BCUT2D eigenvalue weighted by molar-refractivity contribution is -0.116. The molecule has 3 rings (SSSR count). The number of pyridine rings is 1. The van der Waals surface area contributed by atoms with Crippen LogP contribution in [0.2, 0.25) is 0 Å². The third-order valence-electron chi connectivity index (χ3n) is 4.07. The van der Waals surface area contributed by atoms with Crippen molar-refractivity contribution in [3.63, 3.8) is 0 Å². The van der Waals surface area contributed by atoms with Gasteiger partial charge in [-0.1, -0.05) is 12.8 Å². The summed E-state index contributed by atoms with van der Waals surface area (Å²) >= 11 is 0. The molecule has 6 nitrogen and oxygen atoms in total. The van der Waals surface area contributed by atoms with Crippen molar-refractivity contribution in [2.24, 2.45) is 0 Å². The van der Waals surface area contributed by atoms with E-state index in [9.17, 15) is 9.59 Å². The number of hydrogen-bond donors (Lipinski definition) is 1. The maximum Gasteiger partial charge on any atom is 0.251 e. The Morgan fingerprint density at radius 1 is 1.36 bits per heavy atom. The summed E-state index contributed by atoms with van der Waals surface area (Å²) in [6.07, 6.45) is 7.95. The minimum absolute atomic E-state index is 0.00889. The summed E-state index contributed by atoms with van der Waals surface area (Å²) in [6, 6.07) is 5.51. The van der Waals surface area contributed by atoms with E-state index in [4.69, 9.17) is 0 Å². The summed E-state index contributed by atoms with van der Waals surface area (Å²) in [5, 5.41) is 7.18. The lowest BCUT2D eigenvalue weighted by Crippen LogP contribution is -2.28. The van der Waals surface area contributed by atoms with Crippen molar-refractivity contribution >= 4 is 11.7 Å². The quantitative estimate of drug-likeness (QED) is 0.940. The first-order valence-corrected chi connectivity index (χ1v) is 7.64. The number of nitrogens with one attached hydrogen (secondary N) is 1. The van der Waals surface area contributed by atoms with Gasteiger partial charge in [-0.3, -0.25) is 9.59 Å². The van der Waals surface area contributed by atoms with E-state index in [1.807, 2.05) is 17.7 Å². The molecule has 6 heteroatoms. The van der Waals surface area contributed by atoms with Crippen LogP contribution >= 0.6 is 0 Å². The normalized spacial score (nSPS) is 15.1. The molecule has 0 spiro atoms. The first-order chi connectivity index (χ1) is 10.6. The molecule has 0 aromatic carbocycles. The Labute approximate surface area is 128 Å². The molecule has 1 fully saturated rings. The predicted molar refractivity (Wildman–Crippen MR) is 83.8 cm³/mol. The van der Waals surface area contributed by atoms with Gasteiger partial charge in [-0.05, 0) is 31.4 Å². The number of rotatable bonds is 4. The molecule has 22 heavy (non-hydrogen) atoms. The molecule has 0 aliphatic heterocycles. The van der Waals surface area contributed by atoms with Crippen molar-refractivity contribution < 1.29 is 4.79 Å². The zero-order chi connectivity index (χ0) is 15.5. The first-order valence-electron chi connectivity index (χ1n) is 7.64. The van der Waals surface area contributed by atoms with Crippen LogP contribution in [-0.4, -0.2) is 20.3 Å². The van der Waals surface area contributed by atoms with Gasteiger partial charge in [0.2, 0.25) is 5.91 Å². The van der Waals surface area contributed by atoms with Crippen molar-refractivity contribution in [1.82, 2.24) is 14.3 Å². The summed E-state index contributed by atoms with van der Waals surface area (Å²) in [6.45, 7) is 1.86. The molecule has 0 bridgehead atoms. The van der Waals surface area contributed by atoms with Gasteiger partial charge in [0.25, 0.3) is 5.56 Å². The van der Waals surface area contributed by atoms with E-state index in [-0.39, 0.29) is 18.0 Å². The highest BCUT2D eigenvalue weighted by molar-refractivity contribution is 5.89. The maximum absolute atomic E-state index is 12.2. The summed E-state index contributed by atoms with van der Waals surface area (Å²) in [5.74, 6) is 0.489. The monoisotopic (exact) mass is 300 g/mol. The molecule has 0 saturated heterocycles. The third kappa shape index (κ3) is 3.10. The van der Waals surface area contributed by atoms with Crippen LogP contribution in [0.4, 0.5) is 5.82 Å². The van der Waals surface area contributed by atoms with E-state index in [2.05, 4.69) is 10.4 Å². The van der Waals surface area contributed by atoms with E-state index in [0.717, 1.165) is 18.4 Å². The van der Waals surface area contributed by atoms with Gasteiger partial charge in [-0.15, -0.1) is 0 Å². The van der Waals surface area contributed by atoms with Crippen LogP contribution in [0.25, 0.3) is 0 Å². The Morgan fingerprint density at radius 2 is 2.14 bits per heavy atom. The summed E-state index contributed by atoms with van der Waals surface area (Å²) in [4.78, 5) is 24.0. The van der Waals surface area contributed by atoms with E-state index >= 15 is 0 Å². The molecule has 0 atom stereocenters. The Kier molecular flexibility index (Phi) is 4.09. The summed E-state index contributed by atoms with van der Waals surface area (Å²) < 4.78 is 3.29. The lowest BCUT2D eigenvalue weighted by Gasteiger charge is -2.15. The Hall–Kier alpha value is -2.37. The number of hydrogen-bond acceptors (Lipinski definition) is 3. The van der Waals surface area contributed by atoms with Crippen LogP contribution in [0.15, 0.2) is 35.4 Å². The number of carbonyl (C=O) groups is 1. The van der Waals surface area contributed by atoms with Gasteiger partial charge in [-0.2, -0.15) is 5.10 Å². The fourth-order valence-electron chi connectivity index (χ4n) is 2.93. The van der Waals surface area contributed by atoms with E-state index < -0.39 is 0 Å². The van der Waals surface area contributed by atoms with Gasteiger partial charge in [0.15, 0.2) is 0 Å². The maximum atomic E-state index is 12.2. The standard InChI is InChI=1S/C16H20N4O2/c1-12-7-9-19(16(22)10-12)11-15(21)18-14-6-8-17-20(14)13-4-2-3-5-13/h6-10,13H,2-5,11H2,1H3,(H,18,21). The first kappa shape index (κ1) is 14.6. The number of aryl methyl sites for hydroxylation is 1. The predicted octanol–water partition coefficient (Wildman–Crippen LogP) is 2.11. The van der Waals surface area contributed by atoms with Gasteiger partial charge in [0.1, 0.15) is 12.4 Å². The van der Waals surface area contributed by atoms with Crippen LogP contribution in [0.1, 0.15) is 37.3 Å². The molecule has 1 amide bonds. The minimum Gasteiger partial charge on any atom is -0.309 e. The average Bonchev–Trinajstić information content (AvgIpc) is 3.12. The molecular weight excluding hydrogens is 280 g/mol. The topological polar surface area (TPSA) is 68.9 Å². The summed E-state index contributed by atoms with van der Waals surface area (Å²) in [5.41, 5.74) is 0.723. The van der Waals surface area contributed by atoms with E-state index in [0.29, 0.717) is 11.9 Å². The number of nitrogens with zero attached hydrogens (tertiary/aromatic N) is 3. The average molecular weight is 300 g/mol. The second-order valence-electron chi connectivity index (χ2n) is 5.82. The molecular formula is C16H20N4O2. The lowest BCUT2D eigenvalue weighted by atomic mass is 10.2. The molecule has 1 aliphatic rings. The van der Waals surface area contributed by atoms with Crippen molar-refractivity contribution in [2.75, 3.05) is 5.32 Å². The highest BCUT2D eigenvalue weighted by Gasteiger charge is 2.20. The highest BCUT2D eigenvalue weighted by atomic mass is 16.2. The molecule has 2 aromatic rings. The summed E-state index contributed by atoms with van der Waals surface area (Å²) in [7, 11) is 0. The smallest absolute Gasteiger partial charge is 0.251 e. The number of carbonyl (C=O) groups excluding carboxylic acids is 1.